The first-order chi connectivity index (χ1) is 14.0. The van der Waals surface area contributed by atoms with Crippen molar-refractivity contribution >= 4 is 22.9 Å². The summed E-state index contributed by atoms with van der Waals surface area (Å²) in [4.78, 5) is 0. The van der Waals surface area contributed by atoms with Crippen molar-refractivity contribution in [2.75, 3.05) is 6.61 Å². The van der Waals surface area contributed by atoms with E-state index in [4.69, 9.17) is 20.8 Å². The van der Waals surface area contributed by atoms with Crippen molar-refractivity contribution in [1.82, 2.24) is 10.2 Å². The molecule has 1 fully saturated rings. The predicted octanol–water partition coefficient (Wildman–Crippen LogP) is 1.56. The van der Waals surface area contributed by atoms with Crippen molar-refractivity contribution in [2.24, 2.45) is 0 Å². The van der Waals surface area contributed by atoms with Crippen LogP contribution in [0, 0.1) is 0 Å². The Morgan fingerprint density at radius 3 is 2.62 bits per heavy atom. The molecule has 10 heteroatoms. The molecule has 3 aromatic rings. The molecule has 0 saturated carbocycles. The first kappa shape index (κ1) is 20.4. The fourth-order valence-electron chi connectivity index (χ4n) is 3.28. The van der Waals surface area contributed by atoms with Gasteiger partial charge in [-0.1, -0.05) is 35.1 Å². The van der Waals surface area contributed by atoms with Crippen LogP contribution < -0.4 is 0 Å². The summed E-state index contributed by atoms with van der Waals surface area (Å²) in [6.07, 6.45) is -2.51. The van der Waals surface area contributed by atoms with Gasteiger partial charge in [0.05, 0.1) is 18.4 Å². The molecule has 1 aliphatic heterocycles. The topological polar surface area (TPSA) is 129 Å². The molecule has 1 aromatic carbocycles. The van der Waals surface area contributed by atoms with Crippen LogP contribution in [0.4, 0.5) is 0 Å². The number of furan rings is 1. The molecule has 0 bridgehead atoms. The number of aliphatic hydroxyl groups is 4. The number of nitrogens with zero attached hydrogens (tertiary/aromatic N) is 2. The van der Waals surface area contributed by atoms with Crippen molar-refractivity contribution in [3.05, 3.63) is 57.9 Å². The van der Waals surface area contributed by atoms with E-state index >= 15 is 0 Å². The predicted molar refractivity (Wildman–Crippen MR) is 105 cm³/mol. The van der Waals surface area contributed by atoms with Crippen LogP contribution in [0.15, 0.2) is 41.2 Å². The number of hydrogen-bond acceptors (Lipinski definition) is 9. The fourth-order valence-corrected chi connectivity index (χ4v) is 4.31. The van der Waals surface area contributed by atoms with Crippen LogP contribution in [-0.4, -0.2) is 61.6 Å². The Morgan fingerprint density at radius 2 is 1.90 bits per heavy atom. The van der Waals surface area contributed by atoms with E-state index < -0.39 is 37.1 Å². The molecule has 29 heavy (non-hydrogen) atoms. The Bertz CT molecular complexity index is 964. The van der Waals surface area contributed by atoms with Gasteiger partial charge in [0.2, 0.25) is 0 Å². The Hall–Kier alpha value is -1.85. The largest absolute Gasteiger partial charge is 0.472 e. The Balaban J connectivity index is 1.58. The number of aliphatic hydroxyl groups excluding tert-OH is 4. The van der Waals surface area contributed by atoms with E-state index in [0.717, 1.165) is 21.1 Å². The summed E-state index contributed by atoms with van der Waals surface area (Å²) in [5.41, 5.74) is 2.16. The van der Waals surface area contributed by atoms with Crippen LogP contribution in [0.1, 0.15) is 22.2 Å². The molecule has 5 atom stereocenters. The zero-order valence-electron chi connectivity index (χ0n) is 15.1. The number of ether oxygens (including phenoxy) is 1. The van der Waals surface area contributed by atoms with E-state index in [1.165, 1.54) is 11.3 Å². The van der Waals surface area contributed by atoms with Gasteiger partial charge in [0, 0.05) is 11.4 Å². The van der Waals surface area contributed by atoms with Crippen molar-refractivity contribution < 1.29 is 29.6 Å². The number of hydrogen-bond donors (Lipinski definition) is 4. The van der Waals surface area contributed by atoms with Gasteiger partial charge in [-0.3, -0.25) is 0 Å². The van der Waals surface area contributed by atoms with Crippen molar-refractivity contribution in [1.29, 1.82) is 0 Å². The summed E-state index contributed by atoms with van der Waals surface area (Å²) in [5.74, 6) is 0. The second-order valence-corrected chi connectivity index (χ2v) is 8.26. The maximum absolute atomic E-state index is 10.4. The number of benzene rings is 1. The van der Waals surface area contributed by atoms with Crippen LogP contribution in [-0.2, 0) is 11.2 Å². The Labute approximate surface area is 175 Å². The van der Waals surface area contributed by atoms with Gasteiger partial charge < -0.3 is 29.6 Å². The highest BCUT2D eigenvalue weighted by molar-refractivity contribution is 7.14. The van der Waals surface area contributed by atoms with Crippen LogP contribution in [0.2, 0.25) is 5.02 Å². The van der Waals surface area contributed by atoms with E-state index in [2.05, 4.69) is 10.2 Å². The molecule has 3 heterocycles. The lowest BCUT2D eigenvalue weighted by Crippen LogP contribution is -2.55. The van der Waals surface area contributed by atoms with E-state index in [-0.39, 0.29) is 0 Å². The van der Waals surface area contributed by atoms with E-state index in [9.17, 15) is 20.4 Å². The maximum Gasteiger partial charge on any atom is 0.151 e. The van der Waals surface area contributed by atoms with Crippen molar-refractivity contribution in [2.45, 2.75) is 36.9 Å². The zero-order valence-corrected chi connectivity index (χ0v) is 16.6. The summed E-state index contributed by atoms with van der Waals surface area (Å²) in [7, 11) is 0. The highest BCUT2D eigenvalue weighted by atomic mass is 35.5. The van der Waals surface area contributed by atoms with Crippen LogP contribution in [0.25, 0.3) is 10.6 Å². The summed E-state index contributed by atoms with van der Waals surface area (Å²) in [5, 5.41) is 50.1. The minimum atomic E-state index is -1.44. The second-order valence-electron chi connectivity index (χ2n) is 6.79. The first-order valence-corrected chi connectivity index (χ1v) is 10.1. The minimum Gasteiger partial charge on any atom is -0.472 e. The van der Waals surface area contributed by atoms with Gasteiger partial charge >= 0.3 is 0 Å². The quantitative estimate of drug-likeness (QED) is 0.472. The third-order valence-electron chi connectivity index (χ3n) is 4.87. The standard InChI is InChI=1S/C19H19ClN2O6S/c20-12-2-1-9(18-17(26)16(25)15(24)13(7-23)28-18)5-11(12)6-14-21-22-19(29-14)10-3-4-27-8-10/h1-5,8,13,15-18,23-26H,6-7H2. The zero-order chi connectivity index (χ0) is 20.5. The smallest absolute Gasteiger partial charge is 0.151 e. The number of halogens is 1. The van der Waals surface area contributed by atoms with Gasteiger partial charge in [0.15, 0.2) is 5.01 Å². The van der Waals surface area contributed by atoms with Crippen molar-refractivity contribution in [3.8, 4) is 10.6 Å². The molecule has 8 nitrogen and oxygen atoms in total. The van der Waals surface area contributed by atoms with Gasteiger partial charge in [-0.25, -0.2) is 0 Å². The first-order valence-electron chi connectivity index (χ1n) is 8.91. The molecule has 4 rings (SSSR count). The average Bonchev–Trinajstić information content (AvgIpc) is 3.40. The molecule has 154 valence electrons. The van der Waals surface area contributed by atoms with Gasteiger partial charge in [0.25, 0.3) is 0 Å². The van der Waals surface area contributed by atoms with Crippen LogP contribution >= 0.6 is 22.9 Å². The molecule has 0 aliphatic carbocycles. The second kappa shape index (κ2) is 8.49. The molecule has 0 amide bonds. The van der Waals surface area contributed by atoms with Gasteiger partial charge in [0.1, 0.15) is 41.8 Å². The minimum absolute atomic E-state index is 0.416. The van der Waals surface area contributed by atoms with E-state index in [0.29, 0.717) is 17.0 Å². The molecule has 1 aliphatic rings. The number of rotatable bonds is 5. The molecule has 0 radical (unpaired) electrons. The van der Waals surface area contributed by atoms with E-state index in [1.54, 1.807) is 36.8 Å². The molecular weight excluding hydrogens is 420 g/mol. The lowest BCUT2D eigenvalue weighted by atomic mass is 9.90. The number of aromatic nitrogens is 2. The summed E-state index contributed by atoms with van der Waals surface area (Å²) in [6, 6.07) is 6.91. The van der Waals surface area contributed by atoms with Crippen LogP contribution in [0.3, 0.4) is 0 Å². The summed E-state index contributed by atoms with van der Waals surface area (Å²) < 4.78 is 10.7. The van der Waals surface area contributed by atoms with Crippen LogP contribution in [0.5, 0.6) is 0 Å². The fraction of sp³-hybridized carbons (Fsp3) is 0.368. The SMILES string of the molecule is OCC1OC(c2ccc(Cl)c(Cc3nnc(-c4ccoc4)s3)c2)C(O)C(O)C1O. The van der Waals surface area contributed by atoms with Gasteiger partial charge in [-0.15, -0.1) is 10.2 Å². The molecule has 5 unspecified atom stereocenters. The Kier molecular flexibility index (Phi) is 5.98. The lowest BCUT2D eigenvalue weighted by Gasteiger charge is -2.40. The van der Waals surface area contributed by atoms with E-state index in [1.807, 2.05) is 0 Å². The normalized spacial score (nSPS) is 27.3. The summed E-state index contributed by atoms with van der Waals surface area (Å²) >= 11 is 7.76. The third kappa shape index (κ3) is 4.08. The molecule has 0 spiro atoms. The molecular formula is C19H19ClN2O6S. The Morgan fingerprint density at radius 1 is 1.07 bits per heavy atom. The highest BCUT2D eigenvalue weighted by Crippen LogP contribution is 2.35. The average molecular weight is 439 g/mol. The highest BCUT2D eigenvalue weighted by Gasteiger charge is 2.44. The monoisotopic (exact) mass is 438 g/mol. The third-order valence-corrected chi connectivity index (χ3v) is 6.21. The van der Waals surface area contributed by atoms with Gasteiger partial charge in [-0.2, -0.15) is 0 Å². The van der Waals surface area contributed by atoms with Gasteiger partial charge in [-0.05, 0) is 23.3 Å². The lowest BCUT2D eigenvalue weighted by molar-refractivity contribution is -0.231. The molecule has 2 aromatic heterocycles. The molecule has 4 N–H and O–H groups in total. The summed E-state index contributed by atoms with van der Waals surface area (Å²) in [6.45, 7) is -0.483. The van der Waals surface area contributed by atoms with Crippen molar-refractivity contribution in [3.63, 3.8) is 0 Å². The maximum atomic E-state index is 10.4. The molecule has 1 saturated heterocycles.